The molecule has 1 aliphatic carbocycles. The third-order valence-electron chi connectivity index (χ3n) is 6.06. The standard InChI is InChI=1S/C21H33N3O.2ClH/c1-16(21(25)23-20-9-7-19(22)8-10-20)24-13-11-18(12-14-24)15-17-5-3-2-4-6-17;;/h2-6,16,18-20H,7-15,22H2,1H3,(H,23,25);2*1H. The van der Waals surface area contributed by atoms with Crippen LogP contribution in [0.15, 0.2) is 30.3 Å². The summed E-state index contributed by atoms with van der Waals surface area (Å²) in [5.41, 5.74) is 7.38. The molecular weight excluding hydrogens is 381 g/mol. The molecular formula is C21H35Cl2N3O. The predicted octanol–water partition coefficient (Wildman–Crippen LogP) is 3.56. The third kappa shape index (κ3) is 7.26. The van der Waals surface area contributed by atoms with Crippen molar-refractivity contribution >= 4 is 30.7 Å². The Labute approximate surface area is 176 Å². The van der Waals surface area contributed by atoms with Crippen molar-refractivity contribution in [3.63, 3.8) is 0 Å². The summed E-state index contributed by atoms with van der Waals surface area (Å²) >= 11 is 0. The van der Waals surface area contributed by atoms with Gasteiger partial charge in [0.05, 0.1) is 6.04 Å². The van der Waals surface area contributed by atoms with Crippen LogP contribution < -0.4 is 11.1 Å². The molecule has 1 heterocycles. The number of likely N-dealkylation sites (tertiary alicyclic amines) is 1. The van der Waals surface area contributed by atoms with Crippen molar-refractivity contribution in [2.45, 2.75) is 70.0 Å². The largest absolute Gasteiger partial charge is 0.352 e. The Morgan fingerprint density at radius 1 is 1.07 bits per heavy atom. The average molecular weight is 416 g/mol. The van der Waals surface area contributed by atoms with Crippen molar-refractivity contribution < 1.29 is 4.79 Å². The minimum atomic E-state index is -0.0201. The van der Waals surface area contributed by atoms with Gasteiger partial charge >= 0.3 is 0 Å². The average Bonchev–Trinajstić information content (AvgIpc) is 2.64. The quantitative estimate of drug-likeness (QED) is 0.772. The number of benzene rings is 1. The molecule has 3 rings (SSSR count). The van der Waals surface area contributed by atoms with E-state index in [2.05, 4.69) is 47.5 Å². The van der Waals surface area contributed by atoms with E-state index in [-0.39, 0.29) is 36.8 Å². The van der Waals surface area contributed by atoms with E-state index in [1.165, 1.54) is 18.4 Å². The van der Waals surface area contributed by atoms with Crippen LogP contribution in [0.1, 0.15) is 51.0 Å². The number of piperidine rings is 1. The van der Waals surface area contributed by atoms with Crippen molar-refractivity contribution in [2.24, 2.45) is 11.7 Å². The molecule has 1 saturated carbocycles. The zero-order chi connectivity index (χ0) is 17.6. The Balaban J connectivity index is 0.00000182. The van der Waals surface area contributed by atoms with Crippen LogP contribution in [-0.4, -0.2) is 42.0 Å². The second-order valence-electron chi connectivity index (χ2n) is 7.97. The first kappa shape index (κ1) is 24.2. The van der Waals surface area contributed by atoms with Crippen LogP contribution in [-0.2, 0) is 11.2 Å². The Morgan fingerprint density at radius 3 is 2.26 bits per heavy atom. The first-order valence-corrected chi connectivity index (χ1v) is 9.95. The van der Waals surface area contributed by atoms with E-state index < -0.39 is 0 Å². The number of carbonyl (C=O) groups is 1. The molecule has 3 N–H and O–H groups in total. The molecule has 1 aliphatic heterocycles. The molecule has 27 heavy (non-hydrogen) atoms. The predicted molar refractivity (Wildman–Crippen MR) is 117 cm³/mol. The van der Waals surface area contributed by atoms with Gasteiger partial charge < -0.3 is 11.1 Å². The van der Waals surface area contributed by atoms with Crippen molar-refractivity contribution in [1.29, 1.82) is 0 Å². The first-order chi connectivity index (χ1) is 12.1. The van der Waals surface area contributed by atoms with Gasteiger partial charge in [-0.05, 0) is 76.4 Å². The molecule has 6 heteroatoms. The van der Waals surface area contributed by atoms with Gasteiger partial charge in [-0.15, -0.1) is 24.8 Å². The highest BCUT2D eigenvalue weighted by Crippen LogP contribution is 2.23. The van der Waals surface area contributed by atoms with Gasteiger partial charge in [0.25, 0.3) is 0 Å². The van der Waals surface area contributed by atoms with Gasteiger partial charge in [0, 0.05) is 12.1 Å². The molecule has 1 aromatic carbocycles. The Hall–Kier alpha value is -0.810. The molecule has 1 amide bonds. The number of nitrogens with zero attached hydrogens (tertiary/aromatic N) is 1. The summed E-state index contributed by atoms with van der Waals surface area (Å²) in [4.78, 5) is 14.9. The zero-order valence-corrected chi connectivity index (χ0v) is 17.9. The zero-order valence-electron chi connectivity index (χ0n) is 16.3. The Morgan fingerprint density at radius 2 is 1.67 bits per heavy atom. The minimum absolute atomic E-state index is 0. The normalized spacial score (nSPS) is 25.0. The van der Waals surface area contributed by atoms with E-state index in [9.17, 15) is 4.79 Å². The highest BCUT2D eigenvalue weighted by molar-refractivity contribution is 5.85. The topological polar surface area (TPSA) is 58.4 Å². The molecule has 4 nitrogen and oxygen atoms in total. The number of carbonyl (C=O) groups excluding carboxylic acids is 1. The Bertz CT molecular complexity index is 542. The molecule has 1 saturated heterocycles. The van der Waals surface area contributed by atoms with Crippen LogP contribution in [0, 0.1) is 5.92 Å². The second-order valence-corrected chi connectivity index (χ2v) is 7.97. The number of halogens is 2. The summed E-state index contributed by atoms with van der Waals surface area (Å²) in [6.07, 6.45) is 7.65. The molecule has 2 aliphatic rings. The smallest absolute Gasteiger partial charge is 0.237 e. The molecule has 0 spiro atoms. The van der Waals surface area contributed by atoms with E-state index in [4.69, 9.17) is 5.73 Å². The van der Waals surface area contributed by atoms with Gasteiger partial charge in [0.1, 0.15) is 0 Å². The number of hydrogen-bond acceptors (Lipinski definition) is 3. The van der Waals surface area contributed by atoms with Crippen LogP contribution >= 0.6 is 24.8 Å². The minimum Gasteiger partial charge on any atom is -0.352 e. The van der Waals surface area contributed by atoms with E-state index in [0.717, 1.165) is 51.1 Å². The lowest BCUT2D eigenvalue weighted by molar-refractivity contribution is -0.127. The lowest BCUT2D eigenvalue weighted by Crippen LogP contribution is -2.51. The maximum Gasteiger partial charge on any atom is 0.237 e. The van der Waals surface area contributed by atoms with Crippen LogP contribution in [0.2, 0.25) is 0 Å². The van der Waals surface area contributed by atoms with Crippen molar-refractivity contribution in [2.75, 3.05) is 13.1 Å². The molecule has 1 unspecified atom stereocenters. The number of rotatable bonds is 5. The van der Waals surface area contributed by atoms with Crippen LogP contribution in [0.3, 0.4) is 0 Å². The molecule has 2 fully saturated rings. The summed E-state index contributed by atoms with van der Waals surface area (Å²) in [6, 6.07) is 11.4. The van der Waals surface area contributed by atoms with E-state index in [0.29, 0.717) is 12.1 Å². The van der Waals surface area contributed by atoms with Gasteiger partial charge in [-0.2, -0.15) is 0 Å². The monoisotopic (exact) mass is 415 g/mol. The molecule has 154 valence electrons. The summed E-state index contributed by atoms with van der Waals surface area (Å²) in [7, 11) is 0. The molecule has 1 atom stereocenters. The highest BCUT2D eigenvalue weighted by Gasteiger charge is 2.28. The number of amides is 1. The third-order valence-corrected chi connectivity index (χ3v) is 6.06. The van der Waals surface area contributed by atoms with Crippen molar-refractivity contribution in [3.05, 3.63) is 35.9 Å². The molecule has 0 aromatic heterocycles. The van der Waals surface area contributed by atoms with Gasteiger partial charge in [-0.1, -0.05) is 30.3 Å². The van der Waals surface area contributed by atoms with Gasteiger partial charge in [0.2, 0.25) is 5.91 Å². The summed E-state index contributed by atoms with van der Waals surface area (Å²) in [5, 5.41) is 3.25. The van der Waals surface area contributed by atoms with E-state index >= 15 is 0 Å². The second kappa shape index (κ2) is 11.9. The Kier molecular flexibility index (Phi) is 10.7. The number of nitrogens with one attached hydrogen (secondary N) is 1. The van der Waals surface area contributed by atoms with Gasteiger partial charge in [-0.25, -0.2) is 0 Å². The molecule has 0 bridgehead atoms. The molecule has 1 aromatic rings. The van der Waals surface area contributed by atoms with Gasteiger partial charge in [-0.3, -0.25) is 9.69 Å². The van der Waals surface area contributed by atoms with E-state index in [1.807, 2.05) is 0 Å². The number of hydrogen-bond donors (Lipinski definition) is 2. The SMILES string of the molecule is CC(C(=O)NC1CCC(N)CC1)N1CCC(Cc2ccccc2)CC1.Cl.Cl. The fraction of sp³-hybridized carbons (Fsp3) is 0.667. The van der Waals surface area contributed by atoms with Crippen LogP contribution in [0.4, 0.5) is 0 Å². The summed E-state index contributed by atoms with van der Waals surface area (Å²) in [6.45, 7) is 4.12. The van der Waals surface area contributed by atoms with Crippen LogP contribution in [0.5, 0.6) is 0 Å². The lowest BCUT2D eigenvalue weighted by Gasteiger charge is -2.36. The summed E-state index contributed by atoms with van der Waals surface area (Å²) < 4.78 is 0. The van der Waals surface area contributed by atoms with Crippen LogP contribution in [0.25, 0.3) is 0 Å². The van der Waals surface area contributed by atoms with Gasteiger partial charge in [0.15, 0.2) is 0 Å². The first-order valence-electron chi connectivity index (χ1n) is 9.95. The van der Waals surface area contributed by atoms with Crippen molar-refractivity contribution in [3.8, 4) is 0 Å². The lowest BCUT2D eigenvalue weighted by atomic mass is 9.89. The fourth-order valence-corrected chi connectivity index (χ4v) is 4.24. The maximum atomic E-state index is 12.6. The van der Waals surface area contributed by atoms with Crippen molar-refractivity contribution in [1.82, 2.24) is 10.2 Å². The van der Waals surface area contributed by atoms with E-state index in [1.54, 1.807) is 0 Å². The maximum absolute atomic E-state index is 12.6. The molecule has 0 radical (unpaired) electrons. The fourth-order valence-electron chi connectivity index (χ4n) is 4.24. The number of nitrogens with two attached hydrogens (primary N) is 1. The summed E-state index contributed by atoms with van der Waals surface area (Å²) in [5.74, 6) is 0.940. The highest BCUT2D eigenvalue weighted by atomic mass is 35.5.